The van der Waals surface area contributed by atoms with Gasteiger partial charge in [-0.05, 0) is 6.07 Å². The summed E-state index contributed by atoms with van der Waals surface area (Å²) in [5.41, 5.74) is 0.496. The van der Waals surface area contributed by atoms with Crippen LogP contribution in [0.15, 0.2) is 10.5 Å². The van der Waals surface area contributed by atoms with Gasteiger partial charge >= 0.3 is 0 Å². The Morgan fingerprint density at radius 1 is 1.47 bits per heavy atom. The van der Waals surface area contributed by atoms with Gasteiger partial charge in [0, 0.05) is 10.0 Å². The summed E-state index contributed by atoms with van der Waals surface area (Å²) in [6.07, 6.45) is 0.104. The Labute approximate surface area is 96.2 Å². The number of hydrogen-bond acceptors (Lipinski definition) is 4. The monoisotopic (exact) mass is 271 g/mol. The molecule has 4 nitrogen and oxygen atoms in total. The van der Waals surface area contributed by atoms with Crippen molar-refractivity contribution in [1.29, 1.82) is 5.26 Å². The first-order chi connectivity index (χ1) is 7.15. The van der Waals surface area contributed by atoms with Crippen molar-refractivity contribution in [1.82, 2.24) is 0 Å². The summed E-state index contributed by atoms with van der Waals surface area (Å²) in [7, 11) is 2.91. The second-order valence-corrected chi connectivity index (χ2v) is 3.61. The van der Waals surface area contributed by atoms with Crippen LogP contribution in [0.2, 0.25) is 0 Å². The maximum Gasteiger partial charge on any atom is 0.203 e. The Hall–Kier alpha value is -1.41. The highest BCUT2D eigenvalue weighted by Gasteiger charge is 2.17. The van der Waals surface area contributed by atoms with Crippen LogP contribution in [-0.2, 0) is 6.42 Å². The zero-order chi connectivity index (χ0) is 11.4. The van der Waals surface area contributed by atoms with Crippen LogP contribution >= 0.6 is 15.9 Å². The third-order valence-corrected chi connectivity index (χ3v) is 2.66. The van der Waals surface area contributed by atoms with Crippen molar-refractivity contribution in [3.05, 3.63) is 16.1 Å². The van der Waals surface area contributed by atoms with E-state index in [9.17, 15) is 5.11 Å². The van der Waals surface area contributed by atoms with E-state index in [4.69, 9.17) is 14.7 Å². The van der Waals surface area contributed by atoms with Crippen LogP contribution in [-0.4, -0.2) is 19.3 Å². The lowest BCUT2D eigenvalue weighted by molar-refractivity contribution is 0.331. The van der Waals surface area contributed by atoms with Crippen LogP contribution in [0.4, 0.5) is 0 Å². The van der Waals surface area contributed by atoms with E-state index in [1.165, 1.54) is 14.2 Å². The van der Waals surface area contributed by atoms with Crippen LogP contribution in [0.1, 0.15) is 5.56 Å². The molecule has 0 heterocycles. The Morgan fingerprint density at radius 3 is 2.60 bits per heavy atom. The summed E-state index contributed by atoms with van der Waals surface area (Å²) in [6.45, 7) is 0. The maximum atomic E-state index is 9.83. The lowest BCUT2D eigenvalue weighted by Crippen LogP contribution is -1.95. The Kier molecular flexibility index (Phi) is 3.81. The molecule has 0 aliphatic heterocycles. The van der Waals surface area contributed by atoms with E-state index in [0.717, 1.165) is 0 Å². The Morgan fingerprint density at radius 2 is 2.13 bits per heavy atom. The molecule has 0 atom stereocenters. The Bertz CT molecular complexity index is 412. The summed E-state index contributed by atoms with van der Waals surface area (Å²) < 4.78 is 10.7. The number of aromatic hydroxyl groups is 1. The molecule has 0 bridgehead atoms. The molecule has 0 aromatic heterocycles. The number of halogens is 1. The smallest absolute Gasteiger partial charge is 0.203 e. The fourth-order valence-corrected chi connectivity index (χ4v) is 1.77. The predicted molar refractivity (Wildman–Crippen MR) is 58.2 cm³/mol. The molecule has 0 saturated carbocycles. The minimum Gasteiger partial charge on any atom is -0.504 e. The Balaban J connectivity index is 3.39. The minimum atomic E-state index is -0.0646. The first-order valence-electron chi connectivity index (χ1n) is 4.15. The molecule has 5 heteroatoms. The number of nitriles is 1. The number of phenolic OH excluding ortho intramolecular Hbond substituents is 1. The number of ether oxygens (including phenoxy) is 2. The van der Waals surface area contributed by atoms with Crippen molar-refractivity contribution in [2.24, 2.45) is 0 Å². The van der Waals surface area contributed by atoms with Crippen LogP contribution in [0.25, 0.3) is 0 Å². The van der Waals surface area contributed by atoms with E-state index < -0.39 is 0 Å². The third-order valence-electron chi connectivity index (χ3n) is 1.95. The van der Waals surface area contributed by atoms with Gasteiger partial charge in [0.15, 0.2) is 11.5 Å². The first kappa shape index (κ1) is 11.7. The standard InChI is InChI=1S/C10H10BrNO3/c1-14-8-5-7(11)6(3-4-12)9(13)10(8)15-2/h5,13H,3H2,1-2H3. The molecule has 15 heavy (non-hydrogen) atoms. The lowest BCUT2D eigenvalue weighted by Gasteiger charge is -2.13. The zero-order valence-electron chi connectivity index (χ0n) is 8.37. The quantitative estimate of drug-likeness (QED) is 0.916. The van der Waals surface area contributed by atoms with E-state index in [1.807, 2.05) is 6.07 Å². The number of rotatable bonds is 3. The van der Waals surface area contributed by atoms with E-state index >= 15 is 0 Å². The van der Waals surface area contributed by atoms with Crippen LogP contribution < -0.4 is 9.47 Å². The van der Waals surface area contributed by atoms with Gasteiger partial charge in [-0.15, -0.1) is 0 Å². The topological polar surface area (TPSA) is 62.5 Å². The molecule has 0 amide bonds. The summed E-state index contributed by atoms with van der Waals surface area (Å²) in [4.78, 5) is 0. The van der Waals surface area contributed by atoms with Gasteiger partial charge in [-0.3, -0.25) is 0 Å². The normalized spacial score (nSPS) is 9.47. The van der Waals surface area contributed by atoms with E-state index in [2.05, 4.69) is 15.9 Å². The molecular weight excluding hydrogens is 262 g/mol. The molecular formula is C10H10BrNO3. The van der Waals surface area contributed by atoms with E-state index in [0.29, 0.717) is 15.8 Å². The summed E-state index contributed by atoms with van der Waals surface area (Å²) in [5.74, 6) is 0.597. The lowest BCUT2D eigenvalue weighted by atomic mass is 10.1. The summed E-state index contributed by atoms with van der Waals surface area (Å²) in [6, 6.07) is 3.63. The van der Waals surface area contributed by atoms with Crippen molar-refractivity contribution < 1.29 is 14.6 Å². The van der Waals surface area contributed by atoms with Gasteiger partial charge < -0.3 is 14.6 Å². The largest absolute Gasteiger partial charge is 0.504 e. The van der Waals surface area contributed by atoms with Gasteiger partial charge in [0.2, 0.25) is 5.75 Å². The first-order valence-corrected chi connectivity index (χ1v) is 4.94. The third kappa shape index (κ3) is 2.16. The molecule has 1 aromatic rings. The van der Waals surface area contributed by atoms with Crippen molar-refractivity contribution in [2.75, 3.05) is 14.2 Å². The number of methoxy groups -OCH3 is 2. The van der Waals surface area contributed by atoms with Gasteiger partial charge in [-0.1, -0.05) is 15.9 Å². The molecule has 80 valence electrons. The van der Waals surface area contributed by atoms with Gasteiger partial charge in [0.05, 0.1) is 26.7 Å². The minimum absolute atomic E-state index is 0.0646. The summed E-state index contributed by atoms with van der Waals surface area (Å²) >= 11 is 3.26. The van der Waals surface area contributed by atoms with Crippen molar-refractivity contribution in [2.45, 2.75) is 6.42 Å². The van der Waals surface area contributed by atoms with Crippen molar-refractivity contribution in [3.63, 3.8) is 0 Å². The van der Waals surface area contributed by atoms with Gasteiger partial charge in [0.25, 0.3) is 0 Å². The van der Waals surface area contributed by atoms with Crippen molar-refractivity contribution in [3.8, 4) is 23.3 Å². The second-order valence-electron chi connectivity index (χ2n) is 2.76. The number of hydrogen-bond donors (Lipinski definition) is 1. The number of benzene rings is 1. The van der Waals surface area contributed by atoms with E-state index in [1.54, 1.807) is 6.07 Å². The molecule has 1 N–H and O–H groups in total. The highest BCUT2D eigenvalue weighted by Crippen LogP contribution is 2.43. The molecule has 1 aromatic carbocycles. The predicted octanol–water partition coefficient (Wildman–Crippen LogP) is 2.24. The number of nitrogens with zero attached hydrogens (tertiary/aromatic N) is 1. The molecule has 0 fully saturated rings. The van der Waals surface area contributed by atoms with Gasteiger partial charge in [0.1, 0.15) is 0 Å². The van der Waals surface area contributed by atoms with Crippen LogP contribution in [0.5, 0.6) is 17.2 Å². The second kappa shape index (κ2) is 4.89. The summed E-state index contributed by atoms with van der Waals surface area (Å²) in [5, 5.41) is 18.4. The van der Waals surface area contributed by atoms with Crippen molar-refractivity contribution >= 4 is 15.9 Å². The van der Waals surface area contributed by atoms with E-state index in [-0.39, 0.29) is 17.9 Å². The average Bonchev–Trinajstić information content (AvgIpc) is 2.23. The number of phenols is 1. The fraction of sp³-hybridized carbons (Fsp3) is 0.300. The highest BCUT2D eigenvalue weighted by atomic mass is 79.9. The zero-order valence-corrected chi connectivity index (χ0v) is 9.96. The molecule has 0 saturated heterocycles. The molecule has 1 rings (SSSR count). The molecule has 0 unspecified atom stereocenters. The van der Waals surface area contributed by atoms with Gasteiger partial charge in [-0.2, -0.15) is 5.26 Å². The molecule has 0 spiro atoms. The van der Waals surface area contributed by atoms with Gasteiger partial charge in [-0.25, -0.2) is 0 Å². The maximum absolute atomic E-state index is 9.83. The molecule has 0 radical (unpaired) electrons. The molecule has 0 aliphatic carbocycles. The SMILES string of the molecule is COc1cc(Br)c(CC#N)c(O)c1OC. The molecule has 0 aliphatic rings. The van der Waals surface area contributed by atoms with Crippen LogP contribution in [0, 0.1) is 11.3 Å². The average molecular weight is 272 g/mol. The fourth-order valence-electron chi connectivity index (χ4n) is 1.23. The van der Waals surface area contributed by atoms with Crippen LogP contribution in [0.3, 0.4) is 0 Å². The highest BCUT2D eigenvalue weighted by molar-refractivity contribution is 9.10.